The number of aryl methyl sites for hydroxylation is 1. The zero-order valence-corrected chi connectivity index (χ0v) is 16.3. The summed E-state index contributed by atoms with van der Waals surface area (Å²) in [4.78, 5) is 2.49. The molecule has 0 bridgehead atoms. The third kappa shape index (κ3) is 4.05. The van der Waals surface area contributed by atoms with Crippen molar-refractivity contribution in [3.8, 4) is 11.5 Å². The van der Waals surface area contributed by atoms with Crippen LogP contribution in [0.3, 0.4) is 0 Å². The van der Waals surface area contributed by atoms with E-state index in [-0.39, 0.29) is 0 Å². The number of ether oxygens (including phenoxy) is 2. The van der Waals surface area contributed by atoms with E-state index >= 15 is 0 Å². The summed E-state index contributed by atoms with van der Waals surface area (Å²) in [6, 6.07) is 10.5. The molecule has 0 spiro atoms. The van der Waals surface area contributed by atoms with Crippen LogP contribution >= 0.6 is 23.2 Å². The highest BCUT2D eigenvalue weighted by Gasteiger charge is 2.25. The Morgan fingerprint density at radius 1 is 0.960 bits per heavy atom. The second-order valence-corrected chi connectivity index (χ2v) is 7.33. The van der Waals surface area contributed by atoms with Crippen LogP contribution in [0.25, 0.3) is 0 Å². The average Bonchev–Trinajstić information content (AvgIpc) is 3.04. The van der Waals surface area contributed by atoms with Crippen molar-refractivity contribution in [2.24, 2.45) is 0 Å². The maximum Gasteiger partial charge on any atom is 0.161 e. The second-order valence-electron chi connectivity index (χ2n) is 6.52. The first-order valence-electron chi connectivity index (χ1n) is 8.43. The van der Waals surface area contributed by atoms with Crippen LogP contribution < -0.4 is 9.47 Å². The molecule has 1 aliphatic rings. The van der Waals surface area contributed by atoms with E-state index < -0.39 is 0 Å². The van der Waals surface area contributed by atoms with Gasteiger partial charge in [-0.1, -0.05) is 29.3 Å². The van der Waals surface area contributed by atoms with Crippen LogP contribution in [-0.2, 0) is 19.5 Å². The number of fused-ring (bicyclic) bond motifs is 1. The van der Waals surface area contributed by atoms with E-state index in [0.717, 1.165) is 37.4 Å². The van der Waals surface area contributed by atoms with Crippen LogP contribution in [0.4, 0.5) is 0 Å². The molecule has 3 rings (SSSR count). The highest BCUT2D eigenvalue weighted by atomic mass is 35.5. The minimum Gasteiger partial charge on any atom is -0.493 e. The first-order chi connectivity index (χ1) is 12.0. The first kappa shape index (κ1) is 18.4. The molecule has 2 aromatic rings. The lowest BCUT2D eigenvalue weighted by Crippen LogP contribution is -2.28. The fourth-order valence-corrected chi connectivity index (χ4v) is 3.64. The van der Waals surface area contributed by atoms with Crippen molar-refractivity contribution in [1.82, 2.24) is 4.90 Å². The molecule has 0 amide bonds. The summed E-state index contributed by atoms with van der Waals surface area (Å²) in [6.07, 6.45) is 2.05. The molecule has 0 saturated heterocycles. The number of methoxy groups -OCH3 is 2. The molecule has 2 aromatic carbocycles. The molecule has 0 saturated carbocycles. The maximum atomic E-state index is 6.11. The summed E-state index contributed by atoms with van der Waals surface area (Å²) in [6.45, 7) is 4.16. The lowest BCUT2D eigenvalue weighted by Gasteiger charge is -2.23. The molecule has 1 heterocycles. The Kier molecular flexibility index (Phi) is 5.78. The van der Waals surface area contributed by atoms with Crippen molar-refractivity contribution >= 4 is 23.2 Å². The molecule has 1 unspecified atom stereocenters. The van der Waals surface area contributed by atoms with E-state index in [9.17, 15) is 0 Å². The second kappa shape index (κ2) is 7.86. The van der Waals surface area contributed by atoms with Gasteiger partial charge in [-0.3, -0.25) is 4.90 Å². The SMILES string of the molecule is COc1cc2c(cc1OC)CN(C(C)CCc1ccc(Cl)c(Cl)c1)C2. The number of rotatable bonds is 6. The molecule has 5 heteroatoms. The molecule has 0 radical (unpaired) electrons. The van der Waals surface area contributed by atoms with Crippen LogP contribution in [-0.4, -0.2) is 25.2 Å². The lowest BCUT2D eigenvalue weighted by molar-refractivity contribution is 0.203. The van der Waals surface area contributed by atoms with Crippen LogP contribution in [0, 0.1) is 0 Å². The molecule has 3 nitrogen and oxygen atoms in total. The Morgan fingerprint density at radius 3 is 2.08 bits per heavy atom. The smallest absolute Gasteiger partial charge is 0.161 e. The zero-order chi connectivity index (χ0) is 18.0. The van der Waals surface area contributed by atoms with Crippen molar-refractivity contribution in [2.45, 2.75) is 38.9 Å². The van der Waals surface area contributed by atoms with Crippen molar-refractivity contribution < 1.29 is 9.47 Å². The number of benzene rings is 2. The average molecular weight is 380 g/mol. The standard InChI is InChI=1S/C20H23Cl2NO2/c1-13(4-5-14-6-7-17(21)18(22)8-14)23-11-15-9-19(24-2)20(25-3)10-16(15)12-23/h6-10,13H,4-5,11-12H2,1-3H3. The van der Waals surface area contributed by atoms with E-state index in [1.54, 1.807) is 14.2 Å². The summed E-state index contributed by atoms with van der Waals surface area (Å²) >= 11 is 12.1. The van der Waals surface area contributed by atoms with E-state index in [1.807, 2.05) is 12.1 Å². The fraction of sp³-hybridized carbons (Fsp3) is 0.400. The molecule has 1 aliphatic heterocycles. The molecular formula is C20H23Cl2NO2. The predicted octanol–water partition coefficient (Wildman–Crippen LogP) is 5.35. The first-order valence-corrected chi connectivity index (χ1v) is 9.19. The summed E-state index contributed by atoms with van der Waals surface area (Å²) in [5.74, 6) is 1.60. The normalized spacial score (nSPS) is 15.1. The van der Waals surface area contributed by atoms with Crippen molar-refractivity contribution in [3.63, 3.8) is 0 Å². The molecule has 0 aromatic heterocycles. The van der Waals surface area contributed by atoms with E-state index in [1.165, 1.54) is 16.7 Å². The third-order valence-corrected chi connectivity index (χ3v) is 5.65. The van der Waals surface area contributed by atoms with Crippen molar-refractivity contribution in [2.75, 3.05) is 14.2 Å². The molecule has 0 N–H and O–H groups in total. The summed E-state index contributed by atoms with van der Waals surface area (Å²) in [5, 5.41) is 1.23. The van der Waals surface area contributed by atoms with E-state index in [0.29, 0.717) is 16.1 Å². The lowest BCUT2D eigenvalue weighted by atomic mass is 10.1. The van der Waals surface area contributed by atoms with Gasteiger partial charge >= 0.3 is 0 Å². The Balaban J connectivity index is 1.63. The molecule has 0 fully saturated rings. The topological polar surface area (TPSA) is 21.7 Å². The Morgan fingerprint density at radius 2 is 1.56 bits per heavy atom. The quantitative estimate of drug-likeness (QED) is 0.675. The van der Waals surface area contributed by atoms with Crippen LogP contribution in [0.15, 0.2) is 30.3 Å². The van der Waals surface area contributed by atoms with Crippen molar-refractivity contribution in [3.05, 3.63) is 57.1 Å². The van der Waals surface area contributed by atoms with Gasteiger partial charge in [0.2, 0.25) is 0 Å². The fourth-order valence-electron chi connectivity index (χ4n) is 3.32. The van der Waals surface area contributed by atoms with Gasteiger partial charge in [0, 0.05) is 19.1 Å². The minimum atomic E-state index is 0.471. The van der Waals surface area contributed by atoms with Gasteiger partial charge in [0.15, 0.2) is 11.5 Å². The Bertz CT molecular complexity index is 731. The molecular weight excluding hydrogens is 357 g/mol. The zero-order valence-electron chi connectivity index (χ0n) is 14.8. The van der Waals surface area contributed by atoms with Gasteiger partial charge in [0.1, 0.15) is 0 Å². The van der Waals surface area contributed by atoms with Crippen LogP contribution in [0.1, 0.15) is 30.0 Å². The summed E-state index contributed by atoms with van der Waals surface area (Å²) in [5.41, 5.74) is 3.86. The molecule has 25 heavy (non-hydrogen) atoms. The van der Waals surface area contributed by atoms with Crippen molar-refractivity contribution in [1.29, 1.82) is 0 Å². The Labute approximate surface area is 159 Å². The Hall–Kier alpha value is -1.42. The third-order valence-electron chi connectivity index (χ3n) is 4.91. The van der Waals surface area contributed by atoms with Gasteiger partial charge in [-0.25, -0.2) is 0 Å². The predicted molar refractivity (Wildman–Crippen MR) is 103 cm³/mol. The number of halogens is 2. The summed E-state index contributed by atoms with van der Waals surface area (Å²) < 4.78 is 10.8. The molecule has 1 atom stereocenters. The van der Waals surface area contributed by atoms with Gasteiger partial charge in [-0.15, -0.1) is 0 Å². The van der Waals surface area contributed by atoms with E-state index in [4.69, 9.17) is 32.7 Å². The number of nitrogens with zero attached hydrogens (tertiary/aromatic N) is 1. The van der Waals surface area contributed by atoms with Gasteiger partial charge in [0.25, 0.3) is 0 Å². The minimum absolute atomic E-state index is 0.471. The van der Waals surface area contributed by atoms with Gasteiger partial charge in [-0.2, -0.15) is 0 Å². The number of hydrogen-bond donors (Lipinski definition) is 0. The molecule has 0 aliphatic carbocycles. The van der Waals surface area contributed by atoms with E-state index in [2.05, 4.69) is 30.0 Å². The van der Waals surface area contributed by atoms with Gasteiger partial charge in [-0.05, 0) is 60.7 Å². The van der Waals surface area contributed by atoms with Crippen LogP contribution in [0.2, 0.25) is 10.0 Å². The maximum absolute atomic E-state index is 6.11. The largest absolute Gasteiger partial charge is 0.493 e. The summed E-state index contributed by atoms with van der Waals surface area (Å²) in [7, 11) is 3.35. The van der Waals surface area contributed by atoms with Gasteiger partial charge < -0.3 is 9.47 Å². The highest BCUT2D eigenvalue weighted by Crippen LogP contribution is 2.36. The highest BCUT2D eigenvalue weighted by molar-refractivity contribution is 6.42. The van der Waals surface area contributed by atoms with Crippen LogP contribution in [0.5, 0.6) is 11.5 Å². The molecule has 134 valence electrons. The number of hydrogen-bond acceptors (Lipinski definition) is 3. The van der Waals surface area contributed by atoms with Gasteiger partial charge in [0.05, 0.1) is 24.3 Å². The monoisotopic (exact) mass is 379 g/mol.